The number of piperidine rings is 1. The molecule has 2 saturated heterocycles. The van der Waals surface area contributed by atoms with Crippen molar-refractivity contribution in [1.82, 2.24) is 20.0 Å². The molecule has 2 fully saturated rings. The van der Waals surface area contributed by atoms with E-state index in [4.69, 9.17) is 0 Å². The number of likely N-dealkylation sites (tertiary alicyclic amines) is 1. The van der Waals surface area contributed by atoms with Crippen LogP contribution in [0.2, 0.25) is 0 Å². The monoisotopic (exact) mass is 448 g/mol. The molecule has 0 aromatic heterocycles. The number of hydrogen-bond donors (Lipinski definition) is 1. The van der Waals surface area contributed by atoms with Gasteiger partial charge in [-0.2, -0.15) is 0 Å². The van der Waals surface area contributed by atoms with Gasteiger partial charge in [-0.15, -0.1) is 0 Å². The highest BCUT2D eigenvalue weighted by Crippen LogP contribution is 2.21. The zero-order chi connectivity index (χ0) is 23.0. The van der Waals surface area contributed by atoms with Crippen molar-refractivity contribution in [3.05, 3.63) is 71.8 Å². The van der Waals surface area contributed by atoms with Gasteiger partial charge >= 0.3 is 0 Å². The van der Waals surface area contributed by atoms with E-state index >= 15 is 0 Å². The summed E-state index contributed by atoms with van der Waals surface area (Å²) in [5.74, 6) is 0.0168. The molecule has 2 aliphatic heterocycles. The van der Waals surface area contributed by atoms with Crippen LogP contribution in [0.1, 0.15) is 30.0 Å². The van der Waals surface area contributed by atoms with Gasteiger partial charge in [0.25, 0.3) is 0 Å². The Labute approximate surface area is 197 Å². The molecule has 0 radical (unpaired) electrons. The molecule has 176 valence electrons. The molecular weight excluding hydrogens is 412 g/mol. The fourth-order valence-corrected chi connectivity index (χ4v) is 4.80. The number of nitrogens with zero attached hydrogens (tertiary/aromatic N) is 3. The van der Waals surface area contributed by atoms with E-state index in [1.54, 1.807) is 0 Å². The average molecular weight is 449 g/mol. The normalized spacial score (nSPS) is 20.9. The molecule has 2 aromatic rings. The van der Waals surface area contributed by atoms with E-state index in [-0.39, 0.29) is 23.8 Å². The van der Waals surface area contributed by atoms with Gasteiger partial charge in [0.1, 0.15) is 0 Å². The van der Waals surface area contributed by atoms with Gasteiger partial charge in [0.05, 0.1) is 18.4 Å². The number of nitrogens with one attached hydrogen (secondary N) is 1. The van der Waals surface area contributed by atoms with Crippen molar-refractivity contribution < 1.29 is 9.59 Å². The Morgan fingerprint density at radius 3 is 2.30 bits per heavy atom. The first-order valence-corrected chi connectivity index (χ1v) is 12.2. The van der Waals surface area contributed by atoms with Crippen molar-refractivity contribution in [3.8, 4) is 0 Å². The molecule has 0 aliphatic carbocycles. The smallest absolute Gasteiger partial charge is 0.227 e. The summed E-state index contributed by atoms with van der Waals surface area (Å²) in [6, 6.07) is 20.1. The molecule has 2 atom stereocenters. The maximum atomic E-state index is 13.3. The first-order valence-electron chi connectivity index (χ1n) is 12.2. The van der Waals surface area contributed by atoms with E-state index in [0.717, 1.165) is 63.2 Å². The molecule has 2 unspecified atom stereocenters. The summed E-state index contributed by atoms with van der Waals surface area (Å²) in [5.41, 5.74) is 2.16. The highest BCUT2D eigenvalue weighted by molar-refractivity contribution is 5.82. The number of likely N-dealkylation sites (N-methyl/N-ethyl adjacent to an activating group) is 1. The lowest BCUT2D eigenvalue weighted by molar-refractivity contribution is -0.135. The fourth-order valence-electron chi connectivity index (χ4n) is 4.80. The van der Waals surface area contributed by atoms with Crippen LogP contribution >= 0.6 is 0 Å². The molecule has 4 rings (SSSR count). The van der Waals surface area contributed by atoms with E-state index in [1.807, 2.05) is 53.4 Å². The second-order valence-electron chi connectivity index (χ2n) is 9.42. The van der Waals surface area contributed by atoms with Crippen molar-refractivity contribution in [1.29, 1.82) is 0 Å². The molecule has 2 amide bonds. The molecule has 0 spiro atoms. The fraction of sp³-hybridized carbons (Fsp3) is 0.481. The number of carbonyl (C=O) groups is 2. The Hall–Kier alpha value is -2.70. The second kappa shape index (κ2) is 11.4. The SMILES string of the molecule is CN1CCN(CC(NC(=O)C2CCCN(C(=O)Cc3ccccc3)C2)c2ccccc2)CC1. The third kappa shape index (κ3) is 6.65. The molecule has 6 heteroatoms. The molecule has 0 saturated carbocycles. The van der Waals surface area contributed by atoms with Gasteiger partial charge < -0.3 is 15.1 Å². The van der Waals surface area contributed by atoms with E-state index in [9.17, 15) is 9.59 Å². The van der Waals surface area contributed by atoms with Crippen molar-refractivity contribution >= 4 is 11.8 Å². The third-order valence-electron chi connectivity index (χ3n) is 6.90. The van der Waals surface area contributed by atoms with Gasteiger partial charge in [-0.1, -0.05) is 60.7 Å². The third-order valence-corrected chi connectivity index (χ3v) is 6.90. The summed E-state index contributed by atoms with van der Waals surface area (Å²) in [5, 5.41) is 3.34. The van der Waals surface area contributed by atoms with Crippen LogP contribution in [0, 0.1) is 5.92 Å². The van der Waals surface area contributed by atoms with Crippen molar-refractivity contribution in [2.45, 2.75) is 25.3 Å². The summed E-state index contributed by atoms with van der Waals surface area (Å²) in [6.45, 7) is 6.19. The largest absolute Gasteiger partial charge is 0.348 e. The first kappa shape index (κ1) is 23.5. The van der Waals surface area contributed by atoms with Crippen LogP contribution in [0.15, 0.2) is 60.7 Å². The summed E-state index contributed by atoms with van der Waals surface area (Å²) in [6.07, 6.45) is 2.09. The highest BCUT2D eigenvalue weighted by Gasteiger charge is 2.30. The number of rotatable bonds is 7. The Morgan fingerprint density at radius 1 is 0.939 bits per heavy atom. The highest BCUT2D eigenvalue weighted by atomic mass is 16.2. The zero-order valence-corrected chi connectivity index (χ0v) is 19.7. The van der Waals surface area contributed by atoms with E-state index < -0.39 is 0 Å². The summed E-state index contributed by atoms with van der Waals surface area (Å²) < 4.78 is 0. The number of amides is 2. The summed E-state index contributed by atoms with van der Waals surface area (Å²) in [4.78, 5) is 32.8. The van der Waals surface area contributed by atoms with E-state index in [0.29, 0.717) is 13.0 Å². The second-order valence-corrected chi connectivity index (χ2v) is 9.42. The lowest BCUT2D eigenvalue weighted by atomic mass is 9.95. The van der Waals surface area contributed by atoms with Gasteiger partial charge in [-0.05, 0) is 31.0 Å². The quantitative estimate of drug-likeness (QED) is 0.707. The lowest BCUT2D eigenvalue weighted by Crippen LogP contribution is -2.50. The van der Waals surface area contributed by atoms with Crippen molar-refractivity contribution in [2.24, 2.45) is 5.92 Å². The maximum absolute atomic E-state index is 13.3. The Bertz CT molecular complexity index is 897. The van der Waals surface area contributed by atoms with Gasteiger partial charge in [-0.3, -0.25) is 14.5 Å². The molecule has 2 aliphatic rings. The minimum Gasteiger partial charge on any atom is -0.348 e. The Balaban J connectivity index is 1.37. The van der Waals surface area contributed by atoms with Gasteiger partial charge in [0.15, 0.2) is 0 Å². The van der Waals surface area contributed by atoms with Crippen LogP contribution < -0.4 is 5.32 Å². The summed E-state index contributed by atoms with van der Waals surface area (Å²) in [7, 11) is 2.15. The van der Waals surface area contributed by atoms with Crippen LogP contribution in [0.4, 0.5) is 0 Å². The van der Waals surface area contributed by atoms with E-state index in [2.05, 4.69) is 34.3 Å². The van der Waals surface area contributed by atoms with Gasteiger partial charge in [0, 0.05) is 45.8 Å². The maximum Gasteiger partial charge on any atom is 0.227 e. The van der Waals surface area contributed by atoms with Gasteiger partial charge in [-0.25, -0.2) is 0 Å². The standard InChI is InChI=1S/C27H36N4O2/c1-29-15-17-30(18-16-29)21-25(23-11-6-3-7-12-23)28-27(33)24-13-8-14-31(20-24)26(32)19-22-9-4-2-5-10-22/h2-7,9-12,24-25H,8,13-21H2,1H3,(H,28,33). The lowest BCUT2D eigenvalue weighted by Gasteiger charge is -2.36. The van der Waals surface area contributed by atoms with Gasteiger partial charge in [0.2, 0.25) is 11.8 Å². The number of benzene rings is 2. The minimum absolute atomic E-state index is 0.0440. The molecule has 0 bridgehead atoms. The van der Waals surface area contributed by atoms with E-state index in [1.165, 1.54) is 0 Å². The molecule has 1 N–H and O–H groups in total. The molecular formula is C27H36N4O2. The van der Waals surface area contributed by atoms with Crippen LogP contribution in [-0.4, -0.2) is 79.4 Å². The Kier molecular flexibility index (Phi) is 8.13. The van der Waals surface area contributed by atoms with Crippen LogP contribution in [0.5, 0.6) is 0 Å². The molecule has 33 heavy (non-hydrogen) atoms. The predicted molar refractivity (Wildman–Crippen MR) is 131 cm³/mol. The first-order chi connectivity index (χ1) is 16.1. The summed E-state index contributed by atoms with van der Waals surface area (Å²) >= 11 is 0. The number of piperazine rings is 1. The minimum atomic E-state index is -0.155. The van der Waals surface area contributed by atoms with Crippen molar-refractivity contribution in [2.75, 3.05) is 52.9 Å². The Morgan fingerprint density at radius 2 is 1.61 bits per heavy atom. The molecule has 2 aromatic carbocycles. The number of hydrogen-bond acceptors (Lipinski definition) is 4. The van der Waals surface area contributed by atoms with Crippen LogP contribution in [0.3, 0.4) is 0 Å². The van der Waals surface area contributed by atoms with Crippen LogP contribution in [0.25, 0.3) is 0 Å². The molecule has 2 heterocycles. The average Bonchev–Trinajstić information content (AvgIpc) is 2.86. The predicted octanol–water partition coefficient (Wildman–Crippen LogP) is 2.57. The van der Waals surface area contributed by atoms with Crippen molar-refractivity contribution in [3.63, 3.8) is 0 Å². The topological polar surface area (TPSA) is 55.9 Å². The molecule has 6 nitrogen and oxygen atoms in total. The van der Waals surface area contributed by atoms with Crippen LogP contribution in [-0.2, 0) is 16.0 Å². The zero-order valence-electron chi connectivity index (χ0n) is 19.7. The number of carbonyl (C=O) groups excluding carboxylic acids is 2.